The largest absolute Gasteiger partial charge is 0.380 e. The molecule has 0 saturated carbocycles. The van der Waals surface area contributed by atoms with Crippen LogP contribution in [0.25, 0.3) is 0 Å². The van der Waals surface area contributed by atoms with E-state index in [9.17, 15) is 4.79 Å². The van der Waals surface area contributed by atoms with Gasteiger partial charge in [0.05, 0.1) is 6.61 Å². The number of hydrogen-bond donors (Lipinski definition) is 2. The molecule has 88 valence electrons. The van der Waals surface area contributed by atoms with Crippen LogP contribution in [0.5, 0.6) is 0 Å². The molecular formula is C12H18N2O2. The fourth-order valence-electron chi connectivity index (χ4n) is 1.35. The van der Waals surface area contributed by atoms with Crippen molar-refractivity contribution >= 4 is 11.6 Å². The molecule has 1 aromatic rings. The molecule has 0 heterocycles. The van der Waals surface area contributed by atoms with E-state index in [1.807, 2.05) is 26.0 Å². The van der Waals surface area contributed by atoms with Crippen LogP contribution in [0.3, 0.4) is 0 Å². The molecule has 0 radical (unpaired) electrons. The summed E-state index contributed by atoms with van der Waals surface area (Å²) in [6, 6.07) is 7.32. The Balaban J connectivity index is 2.51. The average molecular weight is 222 g/mol. The van der Waals surface area contributed by atoms with Gasteiger partial charge in [0.15, 0.2) is 0 Å². The van der Waals surface area contributed by atoms with Crippen LogP contribution in [0.15, 0.2) is 24.3 Å². The van der Waals surface area contributed by atoms with Crippen molar-refractivity contribution in [3.05, 3.63) is 29.8 Å². The van der Waals surface area contributed by atoms with Gasteiger partial charge in [-0.25, -0.2) is 0 Å². The lowest BCUT2D eigenvalue weighted by Crippen LogP contribution is -2.21. The van der Waals surface area contributed by atoms with E-state index in [2.05, 4.69) is 5.32 Å². The van der Waals surface area contributed by atoms with E-state index in [0.717, 1.165) is 5.69 Å². The van der Waals surface area contributed by atoms with Crippen molar-refractivity contribution in [2.24, 2.45) is 5.73 Å². The summed E-state index contributed by atoms with van der Waals surface area (Å²) in [7, 11) is 0. The Hall–Kier alpha value is -1.55. The molecule has 16 heavy (non-hydrogen) atoms. The van der Waals surface area contributed by atoms with Gasteiger partial charge in [0.25, 0.3) is 0 Å². The Kier molecular flexibility index (Phi) is 4.79. The second kappa shape index (κ2) is 6.12. The molecule has 1 atom stereocenters. The number of rotatable bonds is 6. The normalized spacial score (nSPS) is 12.1. The summed E-state index contributed by atoms with van der Waals surface area (Å²) in [4.78, 5) is 10.9. The van der Waals surface area contributed by atoms with Crippen molar-refractivity contribution in [1.29, 1.82) is 0 Å². The number of anilines is 1. The van der Waals surface area contributed by atoms with Gasteiger partial charge < -0.3 is 15.8 Å². The zero-order valence-electron chi connectivity index (χ0n) is 9.69. The van der Waals surface area contributed by atoms with Crippen molar-refractivity contribution in [2.75, 3.05) is 18.5 Å². The number of hydrogen-bond acceptors (Lipinski definition) is 3. The van der Waals surface area contributed by atoms with E-state index in [0.29, 0.717) is 18.8 Å². The Morgan fingerprint density at radius 3 is 2.56 bits per heavy atom. The Morgan fingerprint density at radius 1 is 1.44 bits per heavy atom. The van der Waals surface area contributed by atoms with Gasteiger partial charge in [-0.1, -0.05) is 0 Å². The van der Waals surface area contributed by atoms with Gasteiger partial charge in [0.1, 0.15) is 0 Å². The summed E-state index contributed by atoms with van der Waals surface area (Å²) in [5, 5.41) is 3.27. The van der Waals surface area contributed by atoms with Crippen LogP contribution >= 0.6 is 0 Å². The maximum atomic E-state index is 10.9. The van der Waals surface area contributed by atoms with Crippen molar-refractivity contribution in [1.82, 2.24) is 0 Å². The van der Waals surface area contributed by atoms with Crippen LogP contribution in [0.1, 0.15) is 24.2 Å². The molecule has 3 N–H and O–H groups in total. The Bertz CT molecular complexity index is 335. The molecule has 1 rings (SSSR count). The lowest BCUT2D eigenvalue weighted by atomic mass is 10.2. The van der Waals surface area contributed by atoms with Crippen molar-refractivity contribution in [3.8, 4) is 0 Å². The number of ether oxygens (including phenoxy) is 1. The Labute approximate surface area is 95.8 Å². The van der Waals surface area contributed by atoms with Crippen LogP contribution in [-0.2, 0) is 4.74 Å². The molecule has 4 nitrogen and oxygen atoms in total. The first-order valence-electron chi connectivity index (χ1n) is 5.37. The highest BCUT2D eigenvalue weighted by atomic mass is 16.5. The van der Waals surface area contributed by atoms with E-state index in [1.165, 1.54) is 0 Å². The van der Waals surface area contributed by atoms with Crippen LogP contribution in [0.4, 0.5) is 5.69 Å². The molecular weight excluding hydrogens is 204 g/mol. The highest BCUT2D eigenvalue weighted by Crippen LogP contribution is 2.10. The molecule has 1 aromatic carbocycles. The van der Waals surface area contributed by atoms with Crippen molar-refractivity contribution in [3.63, 3.8) is 0 Å². The predicted molar refractivity (Wildman–Crippen MR) is 64.5 cm³/mol. The maximum absolute atomic E-state index is 10.9. The zero-order chi connectivity index (χ0) is 12.0. The average Bonchev–Trinajstić information content (AvgIpc) is 2.27. The van der Waals surface area contributed by atoms with Gasteiger partial charge in [-0.3, -0.25) is 4.79 Å². The summed E-state index contributed by atoms with van der Waals surface area (Å²) >= 11 is 0. The van der Waals surface area contributed by atoms with E-state index < -0.39 is 5.91 Å². The standard InChI is InChI=1S/C12H18N2O2/c1-3-16-8-9(2)14-11-6-4-10(5-7-11)12(13)15/h4-7,9,14H,3,8H2,1-2H3,(H2,13,15). The number of amides is 1. The molecule has 4 heteroatoms. The minimum atomic E-state index is -0.408. The number of nitrogens with two attached hydrogens (primary N) is 1. The first-order chi connectivity index (χ1) is 7.63. The highest BCUT2D eigenvalue weighted by molar-refractivity contribution is 5.93. The van der Waals surface area contributed by atoms with Gasteiger partial charge >= 0.3 is 0 Å². The maximum Gasteiger partial charge on any atom is 0.248 e. The summed E-state index contributed by atoms with van der Waals surface area (Å²) < 4.78 is 5.29. The van der Waals surface area contributed by atoms with Crippen molar-refractivity contribution < 1.29 is 9.53 Å². The monoisotopic (exact) mass is 222 g/mol. The van der Waals surface area contributed by atoms with Gasteiger partial charge in [-0.05, 0) is 38.1 Å². The van der Waals surface area contributed by atoms with Gasteiger partial charge in [0, 0.05) is 23.9 Å². The van der Waals surface area contributed by atoms with E-state index in [4.69, 9.17) is 10.5 Å². The second-order valence-electron chi connectivity index (χ2n) is 3.65. The van der Waals surface area contributed by atoms with Gasteiger partial charge in [-0.2, -0.15) is 0 Å². The van der Waals surface area contributed by atoms with Crippen LogP contribution in [0.2, 0.25) is 0 Å². The first-order valence-corrected chi connectivity index (χ1v) is 5.37. The summed E-state index contributed by atoms with van der Waals surface area (Å²) in [5.41, 5.74) is 6.62. The molecule has 1 amide bonds. The molecule has 0 bridgehead atoms. The summed E-state index contributed by atoms with van der Waals surface area (Å²) in [6.07, 6.45) is 0. The number of nitrogens with one attached hydrogen (secondary N) is 1. The number of benzene rings is 1. The minimum Gasteiger partial charge on any atom is -0.380 e. The van der Waals surface area contributed by atoms with E-state index >= 15 is 0 Å². The zero-order valence-corrected chi connectivity index (χ0v) is 9.69. The number of carbonyl (C=O) groups excluding carboxylic acids is 1. The van der Waals surface area contributed by atoms with E-state index in [1.54, 1.807) is 12.1 Å². The Morgan fingerprint density at radius 2 is 2.06 bits per heavy atom. The third-order valence-corrected chi connectivity index (χ3v) is 2.15. The molecule has 0 fully saturated rings. The smallest absolute Gasteiger partial charge is 0.248 e. The molecule has 0 aliphatic rings. The third-order valence-electron chi connectivity index (χ3n) is 2.15. The topological polar surface area (TPSA) is 64.3 Å². The third kappa shape index (κ3) is 3.90. The summed E-state index contributed by atoms with van der Waals surface area (Å²) in [6.45, 7) is 5.38. The predicted octanol–water partition coefficient (Wildman–Crippen LogP) is 1.62. The lowest BCUT2D eigenvalue weighted by molar-refractivity contribution is 0.100. The second-order valence-corrected chi connectivity index (χ2v) is 3.65. The molecule has 0 aliphatic heterocycles. The lowest BCUT2D eigenvalue weighted by Gasteiger charge is -2.14. The van der Waals surface area contributed by atoms with E-state index in [-0.39, 0.29) is 6.04 Å². The van der Waals surface area contributed by atoms with Gasteiger partial charge in [-0.15, -0.1) is 0 Å². The van der Waals surface area contributed by atoms with Crippen LogP contribution in [0, 0.1) is 0 Å². The molecule has 0 spiro atoms. The van der Waals surface area contributed by atoms with Gasteiger partial charge in [0.2, 0.25) is 5.91 Å². The molecule has 0 aromatic heterocycles. The quantitative estimate of drug-likeness (QED) is 0.768. The highest BCUT2D eigenvalue weighted by Gasteiger charge is 2.03. The number of primary amides is 1. The summed E-state index contributed by atoms with van der Waals surface area (Å²) in [5.74, 6) is -0.408. The fraction of sp³-hybridized carbons (Fsp3) is 0.417. The van der Waals surface area contributed by atoms with Crippen molar-refractivity contribution in [2.45, 2.75) is 19.9 Å². The molecule has 0 saturated heterocycles. The fourth-order valence-corrected chi connectivity index (χ4v) is 1.35. The minimum absolute atomic E-state index is 0.236. The molecule has 0 aliphatic carbocycles. The van der Waals surface area contributed by atoms with Crippen LogP contribution in [-0.4, -0.2) is 25.2 Å². The SMILES string of the molecule is CCOCC(C)Nc1ccc(C(N)=O)cc1. The van der Waals surface area contributed by atoms with Crippen LogP contribution < -0.4 is 11.1 Å². The number of carbonyl (C=O) groups is 1. The molecule has 1 unspecified atom stereocenters. The first kappa shape index (κ1) is 12.5.